The number of hydrogen-bond donors (Lipinski definition) is 2. The van der Waals surface area contributed by atoms with Crippen LogP contribution in [0.5, 0.6) is 0 Å². The molecule has 3 nitrogen and oxygen atoms in total. The summed E-state index contributed by atoms with van der Waals surface area (Å²) in [4.78, 5) is 15.6. The molecule has 1 heterocycles. The van der Waals surface area contributed by atoms with Crippen LogP contribution in [0.25, 0.3) is 22.2 Å². The molecule has 1 amide bonds. The second-order valence-corrected chi connectivity index (χ2v) is 6.78. The number of rotatable bonds is 3. The molecule has 0 unspecified atom stereocenters. The highest BCUT2D eigenvalue weighted by Crippen LogP contribution is 2.26. The Morgan fingerprint density at radius 3 is 2.50 bits per heavy atom. The van der Waals surface area contributed by atoms with Crippen LogP contribution in [-0.2, 0) is 0 Å². The van der Waals surface area contributed by atoms with Crippen LogP contribution < -0.4 is 5.32 Å². The zero-order chi connectivity index (χ0) is 18.1. The molecule has 3 aromatic carbocycles. The number of carbonyl (C=O) groups excluding carboxylic acids is 1. The fourth-order valence-electron chi connectivity index (χ4n) is 2.84. The summed E-state index contributed by atoms with van der Waals surface area (Å²) in [6.07, 6.45) is 0. The van der Waals surface area contributed by atoms with E-state index >= 15 is 0 Å². The van der Waals surface area contributed by atoms with Crippen molar-refractivity contribution in [2.75, 3.05) is 5.32 Å². The van der Waals surface area contributed by atoms with Gasteiger partial charge in [-0.25, -0.2) is 4.39 Å². The number of halogens is 2. The van der Waals surface area contributed by atoms with Gasteiger partial charge in [0.25, 0.3) is 5.91 Å². The van der Waals surface area contributed by atoms with Gasteiger partial charge in [-0.1, -0.05) is 24.3 Å². The van der Waals surface area contributed by atoms with E-state index in [-0.39, 0.29) is 11.7 Å². The minimum atomic E-state index is -0.256. The SMILES string of the molecule is O=C(Nc1ccc(-c2cc3cc(F)ccc3[nH]2)cc1)c1ccccc1Br. The third-order valence-electron chi connectivity index (χ3n) is 4.16. The van der Waals surface area contributed by atoms with E-state index in [1.807, 2.05) is 48.5 Å². The lowest BCUT2D eigenvalue weighted by atomic mass is 10.1. The number of anilines is 1. The van der Waals surface area contributed by atoms with Gasteiger partial charge in [-0.3, -0.25) is 4.79 Å². The second-order valence-electron chi connectivity index (χ2n) is 5.93. The van der Waals surface area contributed by atoms with Crippen molar-refractivity contribution in [1.82, 2.24) is 4.98 Å². The summed E-state index contributed by atoms with van der Waals surface area (Å²) < 4.78 is 14.1. The molecule has 0 saturated heterocycles. The lowest BCUT2D eigenvalue weighted by Crippen LogP contribution is -2.12. The summed E-state index contributed by atoms with van der Waals surface area (Å²) in [6.45, 7) is 0. The highest BCUT2D eigenvalue weighted by atomic mass is 79.9. The molecule has 1 aromatic heterocycles. The van der Waals surface area contributed by atoms with Crippen LogP contribution in [-0.4, -0.2) is 10.9 Å². The predicted octanol–water partition coefficient (Wildman–Crippen LogP) is 5.99. The normalized spacial score (nSPS) is 10.8. The molecule has 0 fully saturated rings. The van der Waals surface area contributed by atoms with Gasteiger partial charge in [-0.2, -0.15) is 0 Å². The number of fused-ring (bicyclic) bond motifs is 1. The van der Waals surface area contributed by atoms with Gasteiger partial charge in [-0.05, 0) is 70.0 Å². The summed E-state index contributed by atoms with van der Waals surface area (Å²) in [6, 6.07) is 21.4. The second kappa shape index (κ2) is 6.77. The van der Waals surface area contributed by atoms with E-state index < -0.39 is 0 Å². The Hall–Kier alpha value is -2.92. The maximum absolute atomic E-state index is 13.3. The number of amides is 1. The molecule has 4 aromatic rings. The summed E-state index contributed by atoms with van der Waals surface area (Å²) in [5, 5.41) is 3.71. The quantitative estimate of drug-likeness (QED) is 0.429. The Labute approximate surface area is 158 Å². The number of carbonyl (C=O) groups is 1. The Kier molecular flexibility index (Phi) is 4.31. The average Bonchev–Trinajstić information content (AvgIpc) is 3.05. The fraction of sp³-hybridized carbons (Fsp3) is 0. The van der Waals surface area contributed by atoms with E-state index in [0.29, 0.717) is 11.3 Å². The third-order valence-corrected chi connectivity index (χ3v) is 4.85. The maximum Gasteiger partial charge on any atom is 0.256 e. The first kappa shape index (κ1) is 16.5. The van der Waals surface area contributed by atoms with Crippen LogP contribution >= 0.6 is 15.9 Å². The summed E-state index contributed by atoms with van der Waals surface area (Å²) in [7, 11) is 0. The van der Waals surface area contributed by atoms with Crippen LogP contribution in [0.15, 0.2) is 77.3 Å². The first-order chi connectivity index (χ1) is 12.6. The lowest BCUT2D eigenvalue weighted by molar-refractivity contribution is 0.102. The first-order valence-electron chi connectivity index (χ1n) is 8.05. The molecule has 0 radical (unpaired) electrons. The number of nitrogens with one attached hydrogen (secondary N) is 2. The summed E-state index contributed by atoms with van der Waals surface area (Å²) in [5.74, 6) is -0.431. The van der Waals surface area contributed by atoms with Crippen molar-refractivity contribution in [2.45, 2.75) is 0 Å². The molecule has 0 aliphatic carbocycles. The molecule has 0 aliphatic rings. The van der Waals surface area contributed by atoms with Gasteiger partial charge in [0.15, 0.2) is 0 Å². The smallest absolute Gasteiger partial charge is 0.256 e. The van der Waals surface area contributed by atoms with Crippen molar-refractivity contribution in [1.29, 1.82) is 0 Å². The Bertz CT molecular complexity index is 1100. The minimum absolute atomic E-state index is 0.175. The molecule has 2 N–H and O–H groups in total. The summed E-state index contributed by atoms with van der Waals surface area (Å²) >= 11 is 3.38. The average molecular weight is 409 g/mol. The van der Waals surface area contributed by atoms with E-state index in [0.717, 1.165) is 26.6 Å². The number of hydrogen-bond acceptors (Lipinski definition) is 1. The van der Waals surface area contributed by atoms with Crippen LogP contribution in [0.1, 0.15) is 10.4 Å². The van der Waals surface area contributed by atoms with E-state index in [1.54, 1.807) is 12.1 Å². The Morgan fingerprint density at radius 1 is 0.962 bits per heavy atom. The highest BCUT2D eigenvalue weighted by molar-refractivity contribution is 9.10. The van der Waals surface area contributed by atoms with Crippen LogP contribution in [0.4, 0.5) is 10.1 Å². The number of H-pyrrole nitrogens is 1. The Morgan fingerprint density at radius 2 is 1.73 bits per heavy atom. The molecule has 0 spiro atoms. The van der Waals surface area contributed by atoms with Crippen molar-refractivity contribution in [3.05, 3.63) is 88.6 Å². The zero-order valence-electron chi connectivity index (χ0n) is 13.6. The molecular formula is C21H14BrFN2O. The number of aromatic amines is 1. The van der Waals surface area contributed by atoms with Crippen molar-refractivity contribution in [3.63, 3.8) is 0 Å². The Balaban J connectivity index is 1.56. The van der Waals surface area contributed by atoms with E-state index in [9.17, 15) is 9.18 Å². The van der Waals surface area contributed by atoms with Gasteiger partial charge in [0, 0.05) is 26.8 Å². The lowest BCUT2D eigenvalue weighted by Gasteiger charge is -2.07. The predicted molar refractivity (Wildman–Crippen MR) is 106 cm³/mol. The maximum atomic E-state index is 13.3. The van der Waals surface area contributed by atoms with Crippen molar-refractivity contribution < 1.29 is 9.18 Å². The fourth-order valence-corrected chi connectivity index (χ4v) is 3.30. The van der Waals surface area contributed by atoms with Gasteiger partial charge in [0.2, 0.25) is 0 Å². The van der Waals surface area contributed by atoms with E-state index in [1.165, 1.54) is 12.1 Å². The van der Waals surface area contributed by atoms with Gasteiger partial charge in [0.05, 0.1) is 5.56 Å². The molecular weight excluding hydrogens is 395 g/mol. The van der Waals surface area contributed by atoms with Crippen molar-refractivity contribution in [2.24, 2.45) is 0 Å². The third kappa shape index (κ3) is 3.26. The van der Waals surface area contributed by atoms with E-state index in [4.69, 9.17) is 0 Å². The molecule has 5 heteroatoms. The molecule has 0 saturated carbocycles. The number of aromatic nitrogens is 1. The highest BCUT2D eigenvalue weighted by Gasteiger charge is 2.10. The molecule has 0 aliphatic heterocycles. The zero-order valence-corrected chi connectivity index (χ0v) is 15.2. The molecule has 0 bridgehead atoms. The van der Waals surface area contributed by atoms with Gasteiger partial charge >= 0.3 is 0 Å². The topological polar surface area (TPSA) is 44.9 Å². The van der Waals surface area contributed by atoms with Crippen molar-refractivity contribution in [3.8, 4) is 11.3 Å². The first-order valence-corrected chi connectivity index (χ1v) is 8.84. The van der Waals surface area contributed by atoms with Crippen LogP contribution in [0.2, 0.25) is 0 Å². The van der Waals surface area contributed by atoms with Gasteiger partial charge in [-0.15, -0.1) is 0 Å². The molecule has 4 rings (SSSR count). The number of benzene rings is 3. The van der Waals surface area contributed by atoms with Gasteiger partial charge in [0.1, 0.15) is 5.82 Å². The van der Waals surface area contributed by atoms with Gasteiger partial charge < -0.3 is 10.3 Å². The summed E-state index contributed by atoms with van der Waals surface area (Å²) in [5.41, 5.74) is 4.02. The van der Waals surface area contributed by atoms with Crippen LogP contribution in [0.3, 0.4) is 0 Å². The largest absolute Gasteiger partial charge is 0.355 e. The molecule has 0 atom stereocenters. The van der Waals surface area contributed by atoms with Crippen molar-refractivity contribution >= 4 is 38.4 Å². The minimum Gasteiger partial charge on any atom is -0.355 e. The monoisotopic (exact) mass is 408 g/mol. The molecule has 26 heavy (non-hydrogen) atoms. The van der Waals surface area contributed by atoms with Crippen LogP contribution in [0, 0.1) is 5.82 Å². The van der Waals surface area contributed by atoms with E-state index in [2.05, 4.69) is 26.2 Å². The standard InChI is InChI=1S/C21H14BrFN2O/c22-18-4-2-1-3-17(18)21(26)24-16-8-5-13(6-9-16)20-12-14-11-15(23)7-10-19(14)25-20/h1-12,25H,(H,24,26). The molecule has 128 valence electrons.